The van der Waals surface area contributed by atoms with Crippen molar-refractivity contribution >= 4 is 33.2 Å². The maximum Gasteiger partial charge on any atom is -0.000447 e. The van der Waals surface area contributed by atoms with Gasteiger partial charge in [-0.05, 0) is 92.8 Å². The van der Waals surface area contributed by atoms with Crippen LogP contribution < -0.4 is 0 Å². The lowest BCUT2D eigenvalue weighted by atomic mass is 9.87. The molecule has 0 saturated carbocycles. The minimum Gasteiger partial charge on any atom is -0.0949 e. The molecule has 4 aromatic rings. The molecule has 4 aromatic carbocycles. The van der Waals surface area contributed by atoms with Gasteiger partial charge in [0.2, 0.25) is 0 Å². The van der Waals surface area contributed by atoms with Gasteiger partial charge in [-0.15, -0.1) is 0 Å². The predicted molar refractivity (Wildman–Crippen MR) is 146 cm³/mol. The van der Waals surface area contributed by atoms with Gasteiger partial charge in [-0.2, -0.15) is 0 Å². The molecule has 0 heterocycles. The topological polar surface area (TPSA) is 0 Å². The van der Waals surface area contributed by atoms with Crippen molar-refractivity contribution in [3.63, 3.8) is 0 Å². The van der Waals surface area contributed by atoms with Crippen LogP contribution in [0.4, 0.5) is 0 Å². The molecule has 1 atom stereocenters. The van der Waals surface area contributed by atoms with Crippen LogP contribution in [0.15, 0.2) is 103 Å². The standard InChI is InChI=1S/C33H30/c1-5-11-29-24(4)30-15-8-9-16-31(30)32-19-18-26(21-33(29)32)28-17-10-12-22(2)27-14-7-6-13-25(27)20-23(28)3/h5-19,21-22H,3,20H2,1-2,4H3/b11-5-,12-10-,28-17+. The van der Waals surface area contributed by atoms with Gasteiger partial charge in [-0.1, -0.05) is 105 Å². The molecule has 162 valence electrons. The molecule has 33 heavy (non-hydrogen) atoms. The van der Waals surface area contributed by atoms with Crippen LogP contribution in [0.25, 0.3) is 33.2 Å². The minimum absolute atomic E-state index is 0.386. The zero-order chi connectivity index (χ0) is 22.9. The SMILES string of the molecule is C=C1Cc2ccccc2C(C)/C=C\C=C/1c1ccc2c(c1)c(/C=C\C)c(C)c1ccccc12. The Morgan fingerprint density at radius 3 is 2.42 bits per heavy atom. The van der Waals surface area contributed by atoms with Gasteiger partial charge in [0.15, 0.2) is 0 Å². The Balaban J connectivity index is 1.71. The molecular formula is C33H30. The summed E-state index contributed by atoms with van der Waals surface area (Å²) in [6.45, 7) is 11.1. The van der Waals surface area contributed by atoms with E-state index in [4.69, 9.17) is 0 Å². The summed E-state index contributed by atoms with van der Waals surface area (Å²) in [4.78, 5) is 0. The van der Waals surface area contributed by atoms with Crippen LogP contribution in [0.3, 0.4) is 0 Å². The fourth-order valence-corrected chi connectivity index (χ4v) is 5.25. The highest BCUT2D eigenvalue weighted by Gasteiger charge is 2.16. The fraction of sp³-hybridized carbons (Fsp3) is 0.152. The summed E-state index contributed by atoms with van der Waals surface area (Å²) in [7, 11) is 0. The second kappa shape index (κ2) is 8.71. The van der Waals surface area contributed by atoms with Crippen LogP contribution in [-0.2, 0) is 6.42 Å². The first-order chi connectivity index (χ1) is 16.1. The minimum atomic E-state index is 0.386. The molecule has 0 amide bonds. The highest BCUT2D eigenvalue weighted by molar-refractivity contribution is 6.13. The molecule has 5 rings (SSSR count). The highest BCUT2D eigenvalue weighted by atomic mass is 14.2. The molecule has 1 aliphatic carbocycles. The Hall–Kier alpha value is -3.64. The van der Waals surface area contributed by atoms with E-state index < -0.39 is 0 Å². The molecule has 0 saturated heterocycles. The quantitative estimate of drug-likeness (QED) is 0.280. The summed E-state index contributed by atoms with van der Waals surface area (Å²) in [5.41, 5.74) is 8.99. The highest BCUT2D eigenvalue weighted by Crippen LogP contribution is 2.37. The monoisotopic (exact) mass is 426 g/mol. The lowest BCUT2D eigenvalue weighted by molar-refractivity contribution is 0.940. The van der Waals surface area contributed by atoms with Gasteiger partial charge in [0, 0.05) is 0 Å². The molecule has 1 aliphatic rings. The van der Waals surface area contributed by atoms with Crippen LogP contribution >= 0.6 is 0 Å². The number of hydrogen-bond acceptors (Lipinski definition) is 0. The van der Waals surface area contributed by atoms with Crippen molar-refractivity contribution in [1.29, 1.82) is 0 Å². The maximum absolute atomic E-state index is 4.53. The van der Waals surface area contributed by atoms with E-state index in [-0.39, 0.29) is 0 Å². The lowest BCUT2D eigenvalue weighted by Gasteiger charge is -2.17. The van der Waals surface area contributed by atoms with Crippen LogP contribution in [0.5, 0.6) is 0 Å². The van der Waals surface area contributed by atoms with E-state index >= 15 is 0 Å². The van der Waals surface area contributed by atoms with Crippen LogP contribution in [0, 0.1) is 6.92 Å². The first-order valence-corrected chi connectivity index (χ1v) is 11.8. The Kier molecular flexibility index (Phi) is 5.60. The molecule has 0 radical (unpaired) electrons. The van der Waals surface area contributed by atoms with Gasteiger partial charge in [-0.25, -0.2) is 0 Å². The summed E-state index contributed by atoms with van der Waals surface area (Å²) < 4.78 is 0. The van der Waals surface area contributed by atoms with Crippen molar-refractivity contribution in [1.82, 2.24) is 0 Å². The van der Waals surface area contributed by atoms with Gasteiger partial charge in [-0.3, -0.25) is 0 Å². The van der Waals surface area contributed by atoms with Crippen LogP contribution in [-0.4, -0.2) is 0 Å². The lowest BCUT2D eigenvalue weighted by Crippen LogP contribution is -1.99. The van der Waals surface area contributed by atoms with Crippen molar-refractivity contribution in [2.24, 2.45) is 0 Å². The molecule has 0 heteroatoms. The van der Waals surface area contributed by atoms with E-state index in [1.54, 1.807) is 0 Å². The third-order valence-corrected chi connectivity index (χ3v) is 6.97. The fourth-order valence-electron chi connectivity index (χ4n) is 5.25. The smallest absolute Gasteiger partial charge is 0.000447 e. The first kappa shape index (κ1) is 21.2. The van der Waals surface area contributed by atoms with Crippen molar-refractivity contribution in [2.75, 3.05) is 0 Å². The summed E-state index contributed by atoms with van der Waals surface area (Å²) >= 11 is 0. The van der Waals surface area contributed by atoms with Crippen molar-refractivity contribution in [3.8, 4) is 0 Å². The van der Waals surface area contributed by atoms with Gasteiger partial charge >= 0.3 is 0 Å². The molecule has 0 N–H and O–H groups in total. The van der Waals surface area contributed by atoms with Crippen LogP contribution in [0.2, 0.25) is 0 Å². The van der Waals surface area contributed by atoms with E-state index in [2.05, 4.69) is 124 Å². The Labute approximate surface area is 197 Å². The first-order valence-electron chi connectivity index (χ1n) is 11.8. The third-order valence-electron chi connectivity index (χ3n) is 6.97. The molecule has 0 aliphatic heterocycles. The van der Waals surface area contributed by atoms with Gasteiger partial charge < -0.3 is 0 Å². The zero-order valence-corrected chi connectivity index (χ0v) is 19.7. The number of benzene rings is 4. The largest absolute Gasteiger partial charge is 0.0949 e. The molecule has 0 fully saturated rings. The average Bonchev–Trinajstić information content (AvgIpc) is 2.89. The molecule has 1 unspecified atom stereocenters. The summed E-state index contributed by atoms with van der Waals surface area (Å²) in [5.74, 6) is 0.386. The number of fused-ring (bicyclic) bond motifs is 4. The number of hydrogen-bond donors (Lipinski definition) is 0. The summed E-state index contributed by atoms with van der Waals surface area (Å²) in [6, 6.07) is 24.4. The molecule has 0 aromatic heterocycles. The van der Waals surface area contributed by atoms with Crippen LogP contribution in [0.1, 0.15) is 47.6 Å². The number of rotatable bonds is 2. The van der Waals surface area contributed by atoms with Gasteiger partial charge in [0.05, 0.1) is 0 Å². The number of allylic oxidation sites excluding steroid dienone is 6. The Morgan fingerprint density at radius 1 is 0.879 bits per heavy atom. The van der Waals surface area contributed by atoms with Crippen molar-refractivity contribution in [2.45, 2.75) is 33.1 Å². The van der Waals surface area contributed by atoms with E-state index in [9.17, 15) is 0 Å². The average molecular weight is 427 g/mol. The van der Waals surface area contributed by atoms with Crippen molar-refractivity contribution in [3.05, 3.63) is 131 Å². The van der Waals surface area contributed by atoms with Gasteiger partial charge in [0.25, 0.3) is 0 Å². The second-order valence-corrected chi connectivity index (χ2v) is 9.08. The maximum atomic E-state index is 4.53. The Morgan fingerprint density at radius 2 is 1.61 bits per heavy atom. The van der Waals surface area contributed by atoms with Gasteiger partial charge in [0.1, 0.15) is 0 Å². The van der Waals surface area contributed by atoms with Crippen molar-refractivity contribution < 1.29 is 0 Å². The molecule has 0 spiro atoms. The second-order valence-electron chi connectivity index (χ2n) is 9.08. The summed E-state index contributed by atoms with van der Waals surface area (Å²) in [6.07, 6.45) is 12.0. The van der Waals surface area contributed by atoms with E-state index in [0.29, 0.717) is 5.92 Å². The summed E-state index contributed by atoms with van der Waals surface area (Å²) in [5, 5.41) is 5.24. The Bertz CT molecular complexity index is 1470. The molecule has 0 nitrogen and oxygen atoms in total. The predicted octanol–water partition coefficient (Wildman–Crippen LogP) is 9.19. The molecular weight excluding hydrogens is 396 g/mol. The van der Waals surface area contributed by atoms with E-state index in [1.165, 1.54) is 54.9 Å². The third kappa shape index (κ3) is 3.76. The normalized spacial score (nSPS) is 19.1. The molecule has 0 bridgehead atoms. The van der Waals surface area contributed by atoms with E-state index in [1.807, 2.05) is 0 Å². The van der Waals surface area contributed by atoms with E-state index in [0.717, 1.165) is 12.0 Å². The number of aryl methyl sites for hydroxylation is 1. The zero-order valence-electron chi connectivity index (χ0n) is 19.7.